The first kappa shape index (κ1) is 18.0. The number of aromatic nitrogens is 2. The Morgan fingerprint density at radius 1 is 1.23 bits per heavy atom. The Bertz CT molecular complexity index is 893. The van der Waals surface area contributed by atoms with Crippen LogP contribution in [0.1, 0.15) is 71.3 Å². The van der Waals surface area contributed by atoms with Crippen LogP contribution in [0.3, 0.4) is 0 Å². The molecule has 1 N–H and O–H groups in total. The van der Waals surface area contributed by atoms with Crippen LogP contribution in [0.5, 0.6) is 0 Å². The van der Waals surface area contributed by atoms with Gasteiger partial charge < -0.3 is 9.72 Å². The van der Waals surface area contributed by atoms with Crippen molar-refractivity contribution in [2.45, 2.75) is 44.4 Å². The zero-order valence-corrected chi connectivity index (χ0v) is 15.2. The van der Waals surface area contributed by atoms with E-state index in [1.165, 1.54) is 13.2 Å². The van der Waals surface area contributed by atoms with E-state index in [9.17, 15) is 14.4 Å². The number of rotatable bonds is 6. The Morgan fingerprint density at radius 2 is 1.88 bits per heavy atom. The molecule has 0 saturated heterocycles. The average molecular weight is 354 g/mol. The molecule has 0 amide bonds. The first-order valence-electron chi connectivity index (χ1n) is 8.63. The molecule has 1 aliphatic carbocycles. The summed E-state index contributed by atoms with van der Waals surface area (Å²) in [6, 6.07) is 8.28. The van der Waals surface area contributed by atoms with Crippen LogP contribution in [0.2, 0.25) is 0 Å². The third kappa shape index (κ3) is 3.90. The topological polar surface area (TPSA) is 89.1 Å². The van der Waals surface area contributed by atoms with Crippen LogP contribution < -0.4 is 5.56 Å². The molecule has 1 aromatic heterocycles. The fraction of sp³-hybridized carbons (Fsp3) is 0.400. The SMILES string of the molecule is COC(=O)c1ccc(C(C)(C)CC(=O)c2cc(=O)[nH]c(C3CC3)n2)cc1. The molecule has 6 heteroatoms. The number of Topliss-reactive ketones (excluding diaryl/α,β-unsaturated/α-hetero) is 1. The lowest BCUT2D eigenvalue weighted by Crippen LogP contribution is -2.24. The first-order chi connectivity index (χ1) is 12.3. The molecule has 1 fully saturated rings. The average Bonchev–Trinajstić information content (AvgIpc) is 3.45. The second-order valence-electron chi connectivity index (χ2n) is 7.34. The minimum Gasteiger partial charge on any atom is -0.465 e. The zero-order chi connectivity index (χ0) is 18.9. The van der Waals surface area contributed by atoms with Crippen molar-refractivity contribution < 1.29 is 14.3 Å². The lowest BCUT2D eigenvalue weighted by molar-refractivity contribution is 0.0600. The molecule has 26 heavy (non-hydrogen) atoms. The number of esters is 1. The Kier molecular flexibility index (Phi) is 4.76. The smallest absolute Gasteiger partial charge is 0.337 e. The molecular weight excluding hydrogens is 332 g/mol. The molecule has 0 bridgehead atoms. The van der Waals surface area contributed by atoms with E-state index in [-0.39, 0.29) is 29.4 Å². The fourth-order valence-electron chi connectivity index (χ4n) is 2.94. The Morgan fingerprint density at radius 3 is 2.46 bits per heavy atom. The maximum absolute atomic E-state index is 12.7. The number of carbonyl (C=O) groups is 2. The van der Waals surface area contributed by atoms with Gasteiger partial charge in [0.25, 0.3) is 5.56 Å². The van der Waals surface area contributed by atoms with Crippen LogP contribution in [0.15, 0.2) is 35.1 Å². The van der Waals surface area contributed by atoms with E-state index in [0.717, 1.165) is 18.4 Å². The lowest BCUT2D eigenvalue weighted by atomic mass is 9.79. The third-order valence-corrected chi connectivity index (χ3v) is 4.70. The number of ketones is 1. The molecule has 1 aromatic carbocycles. The number of nitrogens with one attached hydrogen (secondary N) is 1. The molecule has 0 atom stereocenters. The van der Waals surface area contributed by atoms with E-state index < -0.39 is 11.4 Å². The molecule has 6 nitrogen and oxygen atoms in total. The number of nitrogens with zero attached hydrogens (tertiary/aromatic N) is 1. The van der Waals surface area contributed by atoms with Gasteiger partial charge >= 0.3 is 5.97 Å². The standard InChI is InChI=1S/C20H22N2O4/c1-20(2,14-8-6-13(7-9-14)19(25)26-3)11-16(23)15-10-17(24)22-18(21-15)12-4-5-12/h6-10,12H,4-5,11H2,1-3H3,(H,21,22,24). The summed E-state index contributed by atoms with van der Waals surface area (Å²) in [4.78, 5) is 43.2. The molecule has 1 aliphatic rings. The van der Waals surface area contributed by atoms with Crippen LogP contribution in [-0.2, 0) is 10.2 Å². The largest absolute Gasteiger partial charge is 0.465 e. The maximum atomic E-state index is 12.7. The monoisotopic (exact) mass is 354 g/mol. The summed E-state index contributed by atoms with van der Waals surface area (Å²) in [6.45, 7) is 3.90. The normalized spacial score (nSPS) is 14.1. The first-order valence-corrected chi connectivity index (χ1v) is 8.63. The zero-order valence-electron chi connectivity index (χ0n) is 15.2. The van der Waals surface area contributed by atoms with Crippen molar-refractivity contribution in [1.29, 1.82) is 0 Å². The highest BCUT2D eigenvalue weighted by molar-refractivity contribution is 5.95. The van der Waals surface area contributed by atoms with Gasteiger partial charge in [-0.25, -0.2) is 9.78 Å². The number of methoxy groups -OCH3 is 1. The lowest BCUT2D eigenvalue weighted by Gasteiger charge is -2.24. The Labute approximate surface area is 151 Å². The highest BCUT2D eigenvalue weighted by Gasteiger charge is 2.29. The summed E-state index contributed by atoms with van der Waals surface area (Å²) in [5.74, 6) is 0.321. The van der Waals surface area contributed by atoms with Gasteiger partial charge in [0.05, 0.1) is 12.7 Å². The van der Waals surface area contributed by atoms with Gasteiger partial charge in [-0.2, -0.15) is 0 Å². The number of benzene rings is 1. The van der Waals surface area contributed by atoms with Crippen molar-refractivity contribution in [3.8, 4) is 0 Å². The third-order valence-electron chi connectivity index (χ3n) is 4.70. The van der Waals surface area contributed by atoms with Gasteiger partial charge in [-0.1, -0.05) is 26.0 Å². The van der Waals surface area contributed by atoms with Gasteiger partial charge in [0.2, 0.25) is 0 Å². The van der Waals surface area contributed by atoms with E-state index in [4.69, 9.17) is 4.74 Å². The highest BCUT2D eigenvalue weighted by Crippen LogP contribution is 2.37. The van der Waals surface area contributed by atoms with Crippen molar-refractivity contribution in [2.24, 2.45) is 0 Å². The van der Waals surface area contributed by atoms with Crippen LogP contribution >= 0.6 is 0 Å². The molecule has 0 radical (unpaired) electrons. The van der Waals surface area contributed by atoms with Crippen LogP contribution in [0, 0.1) is 0 Å². The summed E-state index contributed by atoms with van der Waals surface area (Å²) in [6.07, 6.45) is 2.21. The number of hydrogen-bond donors (Lipinski definition) is 1. The highest BCUT2D eigenvalue weighted by atomic mass is 16.5. The summed E-state index contributed by atoms with van der Waals surface area (Å²) in [5, 5.41) is 0. The van der Waals surface area contributed by atoms with Crippen LogP contribution in [0.4, 0.5) is 0 Å². The van der Waals surface area contributed by atoms with Gasteiger partial charge in [-0.15, -0.1) is 0 Å². The molecule has 2 aromatic rings. The molecule has 0 spiro atoms. The summed E-state index contributed by atoms with van der Waals surface area (Å²) in [5.41, 5.74) is 0.852. The molecule has 3 rings (SSSR count). The number of carbonyl (C=O) groups excluding carboxylic acids is 2. The number of aromatic amines is 1. The van der Waals surface area contributed by atoms with E-state index in [1.54, 1.807) is 12.1 Å². The van der Waals surface area contributed by atoms with Crippen LogP contribution in [-0.4, -0.2) is 28.8 Å². The predicted molar refractivity (Wildman–Crippen MR) is 96.6 cm³/mol. The summed E-state index contributed by atoms with van der Waals surface area (Å²) in [7, 11) is 1.34. The second kappa shape index (κ2) is 6.86. The van der Waals surface area contributed by atoms with Crippen molar-refractivity contribution in [3.05, 3.63) is 63.3 Å². The maximum Gasteiger partial charge on any atom is 0.337 e. The quantitative estimate of drug-likeness (QED) is 0.636. The second-order valence-corrected chi connectivity index (χ2v) is 7.34. The minimum atomic E-state index is -0.463. The van der Waals surface area contributed by atoms with Crippen LogP contribution in [0.25, 0.3) is 0 Å². The van der Waals surface area contributed by atoms with Crippen molar-refractivity contribution in [2.75, 3.05) is 7.11 Å². The molecule has 0 aliphatic heterocycles. The minimum absolute atomic E-state index is 0.167. The fourth-order valence-corrected chi connectivity index (χ4v) is 2.94. The van der Waals surface area contributed by atoms with Gasteiger partial charge in [0.15, 0.2) is 5.78 Å². The van der Waals surface area contributed by atoms with E-state index in [0.29, 0.717) is 11.4 Å². The predicted octanol–water partition coefficient (Wildman–Crippen LogP) is 2.98. The van der Waals surface area contributed by atoms with E-state index >= 15 is 0 Å². The summed E-state index contributed by atoms with van der Waals surface area (Å²) < 4.78 is 4.70. The van der Waals surface area contributed by atoms with Gasteiger partial charge in [0, 0.05) is 18.4 Å². The number of ether oxygens (including phenoxy) is 1. The molecule has 0 unspecified atom stereocenters. The van der Waals surface area contributed by atoms with Gasteiger partial charge in [-0.05, 0) is 36.0 Å². The Hall–Kier alpha value is -2.76. The van der Waals surface area contributed by atoms with Gasteiger partial charge in [0.1, 0.15) is 11.5 Å². The Balaban J connectivity index is 1.79. The van der Waals surface area contributed by atoms with E-state index in [1.807, 2.05) is 26.0 Å². The molecular formula is C20H22N2O4. The molecule has 1 saturated carbocycles. The molecule has 136 valence electrons. The van der Waals surface area contributed by atoms with E-state index in [2.05, 4.69) is 9.97 Å². The number of hydrogen-bond acceptors (Lipinski definition) is 5. The van der Waals surface area contributed by atoms with Crippen molar-refractivity contribution in [1.82, 2.24) is 9.97 Å². The van der Waals surface area contributed by atoms with Crippen molar-refractivity contribution >= 4 is 11.8 Å². The van der Waals surface area contributed by atoms with Crippen molar-refractivity contribution in [3.63, 3.8) is 0 Å². The molecule has 1 heterocycles. The summed E-state index contributed by atoms with van der Waals surface area (Å²) >= 11 is 0. The number of H-pyrrole nitrogens is 1. The van der Waals surface area contributed by atoms with Gasteiger partial charge in [-0.3, -0.25) is 9.59 Å².